The zero-order valence-electron chi connectivity index (χ0n) is 9.93. The summed E-state index contributed by atoms with van der Waals surface area (Å²) in [6, 6.07) is 0. The smallest absolute Gasteiger partial charge is 0.310 e. The van der Waals surface area contributed by atoms with Gasteiger partial charge in [0.25, 0.3) is 10.0 Å². The topological polar surface area (TPSA) is 112 Å². The lowest BCUT2D eigenvalue weighted by Gasteiger charge is -2.10. The Morgan fingerprint density at radius 2 is 2.28 bits per heavy atom. The van der Waals surface area contributed by atoms with Crippen LogP contribution in [0.5, 0.6) is 0 Å². The van der Waals surface area contributed by atoms with Gasteiger partial charge in [0, 0.05) is 13.0 Å². The number of nitrogens with zero attached hydrogens (tertiary/aromatic N) is 1. The fraction of sp³-hybridized carbons (Fsp3) is 0.600. The maximum atomic E-state index is 11.9. The number of aromatic amines is 1. The number of carboxylic acids is 1. The number of carboxylic acid groups (broad SMARTS) is 1. The van der Waals surface area contributed by atoms with Gasteiger partial charge in [0.2, 0.25) is 0 Å². The summed E-state index contributed by atoms with van der Waals surface area (Å²) in [5.74, 6) is -0.376. The van der Waals surface area contributed by atoms with Crippen LogP contribution >= 0.6 is 0 Å². The van der Waals surface area contributed by atoms with E-state index < -0.39 is 21.4 Å². The van der Waals surface area contributed by atoms with E-state index in [0.29, 0.717) is 25.1 Å². The molecule has 0 unspecified atom stereocenters. The summed E-state index contributed by atoms with van der Waals surface area (Å²) in [5.41, 5.74) is -0.916. The molecule has 7 nitrogen and oxygen atoms in total. The Bertz CT molecular complexity index is 559. The Morgan fingerprint density at radius 1 is 1.61 bits per heavy atom. The molecule has 1 aromatic heterocycles. The number of nitrogens with one attached hydrogen (secondary N) is 2. The van der Waals surface area contributed by atoms with Crippen LogP contribution in [0.3, 0.4) is 0 Å². The zero-order valence-corrected chi connectivity index (χ0v) is 10.7. The van der Waals surface area contributed by atoms with Gasteiger partial charge in [-0.3, -0.25) is 4.79 Å². The van der Waals surface area contributed by atoms with Gasteiger partial charge in [0.15, 0.2) is 5.03 Å². The molecule has 0 amide bonds. The summed E-state index contributed by atoms with van der Waals surface area (Å²) < 4.78 is 26.1. The van der Waals surface area contributed by atoms with Gasteiger partial charge in [0.1, 0.15) is 5.82 Å². The van der Waals surface area contributed by atoms with E-state index in [-0.39, 0.29) is 11.6 Å². The van der Waals surface area contributed by atoms with Crippen LogP contribution in [-0.4, -0.2) is 36.0 Å². The Balaban J connectivity index is 2.06. The molecule has 1 aliphatic rings. The van der Waals surface area contributed by atoms with Gasteiger partial charge in [-0.25, -0.2) is 18.1 Å². The lowest BCUT2D eigenvalue weighted by Crippen LogP contribution is -2.34. The molecule has 100 valence electrons. The molecule has 0 radical (unpaired) electrons. The number of carbonyl (C=O) groups is 1. The summed E-state index contributed by atoms with van der Waals surface area (Å²) in [5, 5.41) is 8.93. The summed E-state index contributed by atoms with van der Waals surface area (Å²) in [6.07, 6.45) is 2.86. The van der Waals surface area contributed by atoms with Crippen LogP contribution in [0.15, 0.2) is 11.2 Å². The van der Waals surface area contributed by atoms with Crippen LogP contribution in [0.25, 0.3) is 0 Å². The van der Waals surface area contributed by atoms with Gasteiger partial charge in [-0.05, 0) is 12.8 Å². The normalized spacial score (nSPS) is 17.6. The highest BCUT2D eigenvalue weighted by molar-refractivity contribution is 7.89. The second kappa shape index (κ2) is 4.36. The Labute approximate surface area is 105 Å². The van der Waals surface area contributed by atoms with E-state index in [1.54, 1.807) is 0 Å². The Morgan fingerprint density at radius 3 is 2.72 bits per heavy atom. The highest BCUT2D eigenvalue weighted by Gasteiger charge is 2.50. The van der Waals surface area contributed by atoms with Crippen LogP contribution in [0.1, 0.15) is 25.6 Å². The third kappa shape index (κ3) is 2.39. The molecule has 1 saturated carbocycles. The maximum Gasteiger partial charge on any atom is 0.310 e. The predicted molar refractivity (Wildman–Crippen MR) is 62.5 cm³/mol. The van der Waals surface area contributed by atoms with E-state index in [1.165, 1.54) is 6.20 Å². The van der Waals surface area contributed by atoms with Crippen molar-refractivity contribution in [2.24, 2.45) is 5.41 Å². The molecule has 1 fully saturated rings. The SMILES string of the molecule is CCc1ncc(S(=O)(=O)NCC2(C(=O)O)CC2)[nH]1. The third-order valence-corrected chi connectivity index (χ3v) is 4.45. The molecule has 0 aliphatic heterocycles. The van der Waals surface area contributed by atoms with Crippen molar-refractivity contribution in [1.82, 2.24) is 14.7 Å². The molecule has 0 aromatic carbocycles. The first kappa shape index (κ1) is 13.0. The van der Waals surface area contributed by atoms with Gasteiger partial charge < -0.3 is 10.1 Å². The molecule has 0 bridgehead atoms. The van der Waals surface area contributed by atoms with E-state index in [9.17, 15) is 13.2 Å². The molecule has 0 saturated heterocycles. The number of rotatable bonds is 6. The van der Waals surface area contributed by atoms with Gasteiger partial charge in [-0.1, -0.05) is 6.92 Å². The van der Waals surface area contributed by atoms with Crippen LogP contribution in [0.4, 0.5) is 0 Å². The fourth-order valence-corrected chi connectivity index (χ4v) is 2.65. The Hall–Kier alpha value is -1.41. The average Bonchev–Trinajstić information content (AvgIpc) is 2.96. The quantitative estimate of drug-likeness (QED) is 0.681. The summed E-state index contributed by atoms with van der Waals surface area (Å²) in [6.45, 7) is 1.78. The number of sulfonamides is 1. The van der Waals surface area contributed by atoms with Crippen molar-refractivity contribution in [2.45, 2.75) is 31.2 Å². The van der Waals surface area contributed by atoms with Crippen molar-refractivity contribution in [3.8, 4) is 0 Å². The molecular formula is C10H15N3O4S. The van der Waals surface area contributed by atoms with Crippen molar-refractivity contribution in [3.63, 3.8) is 0 Å². The second-order valence-electron chi connectivity index (χ2n) is 4.46. The van der Waals surface area contributed by atoms with Crippen molar-refractivity contribution in [1.29, 1.82) is 0 Å². The monoisotopic (exact) mass is 273 g/mol. The third-order valence-electron chi connectivity index (χ3n) is 3.14. The van der Waals surface area contributed by atoms with Gasteiger partial charge in [-0.2, -0.15) is 0 Å². The minimum Gasteiger partial charge on any atom is -0.481 e. The predicted octanol–water partition coefficient (Wildman–Crippen LogP) is 0.115. The van der Waals surface area contributed by atoms with Crippen molar-refractivity contribution >= 4 is 16.0 Å². The molecule has 2 rings (SSSR count). The molecule has 18 heavy (non-hydrogen) atoms. The molecule has 8 heteroatoms. The molecule has 0 spiro atoms. The van der Waals surface area contributed by atoms with Gasteiger partial charge in [-0.15, -0.1) is 0 Å². The van der Waals surface area contributed by atoms with Crippen molar-refractivity contribution < 1.29 is 18.3 Å². The van der Waals surface area contributed by atoms with Gasteiger partial charge >= 0.3 is 5.97 Å². The lowest BCUT2D eigenvalue weighted by molar-refractivity contribution is -0.143. The van der Waals surface area contributed by atoms with Crippen LogP contribution in [0.2, 0.25) is 0 Å². The maximum absolute atomic E-state index is 11.9. The molecule has 1 aliphatic carbocycles. The van der Waals surface area contributed by atoms with Crippen molar-refractivity contribution in [3.05, 3.63) is 12.0 Å². The summed E-state index contributed by atoms with van der Waals surface area (Å²) >= 11 is 0. The molecule has 1 aromatic rings. The highest BCUT2D eigenvalue weighted by Crippen LogP contribution is 2.45. The lowest BCUT2D eigenvalue weighted by atomic mass is 10.1. The number of H-pyrrole nitrogens is 1. The fourth-order valence-electron chi connectivity index (χ4n) is 1.59. The highest BCUT2D eigenvalue weighted by atomic mass is 32.2. The van der Waals surface area contributed by atoms with E-state index in [1.807, 2.05) is 6.92 Å². The van der Waals surface area contributed by atoms with E-state index >= 15 is 0 Å². The van der Waals surface area contributed by atoms with E-state index in [0.717, 1.165) is 0 Å². The summed E-state index contributed by atoms with van der Waals surface area (Å²) in [7, 11) is -3.71. The molecular weight excluding hydrogens is 258 g/mol. The van der Waals surface area contributed by atoms with Crippen LogP contribution in [0, 0.1) is 5.41 Å². The first-order valence-electron chi connectivity index (χ1n) is 5.66. The first-order valence-corrected chi connectivity index (χ1v) is 7.15. The molecule has 3 N–H and O–H groups in total. The number of aryl methyl sites for hydroxylation is 1. The van der Waals surface area contributed by atoms with Crippen LogP contribution < -0.4 is 4.72 Å². The number of hydrogen-bond donors (Lipinski definition) is 3. The summed E-state index contributed by atoms with van der Waals surface area (Å²) in [4.78, 5) is 17.5. The minimum absolute atomic E-state index is 0.0273. The second-order valence-corrected chi connectivity index (χ2v) is 6.19. The number of aromatic nitrogens is 2. The van der Waals surface area contributed by atoms with Crippen molar-refractivity contribution in [2.75, 3.05) is 6.54 Å². The zero-order chi connectivity index (χ0) is 13.4. The molecule has 0 atom stereocenters. The minimum atomic E-state index is -3.71. The number of imidazole rings is 1. The van der Waals surface area contributed by atoms with E-state index in [2.05, 4.69) is 14.7 Å². The molecule has 1 heterocycles. The standard InChI is InChI=1S/C10H15N3O4S/c1-2-7-11-5-8(13-7)18(16,17)12-6-10(3-4-10)9(14)15/h5,12H,2-4,6H2,1H3,(H,11,13)(H,14,15). The van der Waals surface area contributed by atoms with Crippen LogP contribution in [-0.2, 0) is 21.2 Å². The van der Waals surface area contributed by atoms with Gasteiger partial charge in [0.05, 0.1) is 11.6 Å². The van der Waals surface area contributed by atoms with E-state index in [4.69, 9.17) is 5.11 Å². The Kier molecular flexibility index (Phi) is 3.16. The first-order chi connectivity index (χ1) is 8.39. The average molecular weight is 273 g/mol. The number of aliphatic carboxylic acids is 1. The largest absolute Gasteiger partial charge is 0.481 e. The number of hydrogen-bond acceptors (Lipinski definition) is 4.